The smallest absolute Gasteiger partial charge is 0.254 e. The quantitative estimate of drug-likeness (QED) is 0.600. The summed E-state index contributed by atoms with van der Waals surface area (Å²) in [5, 5.41) is 3.01. The van der Waals surface area contributed by atoms with Gasteiger partial charge in [0.05, 0.1) is 6.61 Å². The zero-order valence-electron chi connectivity index (χ0n) is 18.5. The SMILES string of the molecule is CC(C)CCOc1ccc(C(=O)N(Cc2ccc(C(=O)NC3CC3)cc2)C2CC2)cc1. The molecule has 5 heteroatoms. The van der Waals surface area contributed by atoms with Crippen molar-refractivity contribution in [2.45, 2.75) is 64.6 Å². The summed E-state index contributed by atoms with van der Waals surface area (Å²) in [6.45, 7) is 5.59. The average molecular weight is 421 g/mol. The molecule has 4 rings (SSSR count). The van der Waals surface area contributed by atoms with Gasteiger partial charge in [0.25, 0.3) is 11.8 Å². The highest BCUT2D eigenvalue weighted by atomic mass is 16.5. The first-order valence-corrected chi connectivity index (χ1v) is 11.4. The van der Waals surface area contributed by atoms with Gasteiger partial charge in [0.1, 0.15) is 5.75 Å². The number of amides is 2. The van der Waals surface area contributed by atoms with E-state index >= 15 is 0 Å². The minimum Gasteiger partial charge on any atom is -0.494 e. The zero-order valence-corrected chi connectivity index (χ0v) is 18.5. The van der Waals surface area contributed by atoms with Gasteiger partial charge in [-0.25, -0.2) is 0 Å². The van der Waals surface area contributed by atoms with E-state index in [1.807, 2.05) is 53.4 Å². The van der Waals surface area contributed by atoms with E-state index in [2.05, 4.69) is 19.2 Å². The molecule has 0 spiro atoms. The molecule has 0 aromatic heterocycles. The van der Waals surface area contributed by atoms with E-state index < -0.39 is 0 Å². The fourth-order valence-electron chi connectivity index (χ4n) is 3.48. The molecule has 2 amide bonds. The molecule has 0 saturated heterocycles. The molecule has 1 N–H and O–H groups in total. The Morgan fingerprint density at radius 1 is 0.968 bits per heavy atom. The summed E-state index contributed by atoms with van der Waals surface area (Å²) in [6, 6.07) is 15.7. The van der Waals surface area contributed by atoms with E-state index in [1.54, 1.807) is 0 Å². The van der Waals surface area contributed by atoms with Crippen molar-refractivity contribution >= 4 is 11.8 Å². The van der Waals surface area contributed by atoms with Gasteiger partial charge in [0.2, 0.25) is 0 Å². The summed E-state index contributed by atoms with van der Waals surface area (Å²) in [5.74, 6) is 1.44. The lowest BCUT2D eigenvalue weighted by molar-refractivity contribution is 0.0729. The number of benzene rings is 2. The number of carbonyl (C=O) groups is 2. The van der Waals surface area contributed by atoms with Crippen LogP contribution in [0.1, 0.15) is 72.2 Å². The zero-order chi connectivity index (χ0) is 21.8. The van der Waals surface area contributed by atoms with Gasteiger partial charge in [0.15, 0.2) is 0 Å². The number of rotatable bonds is 10. The molecule has 0 radical (unpaired) electrons. The third-order valence-electron chi connectivity index (χ3n) is 5.80. The molecular formula is C26H32N2O3. The number of carbonyl (C=O) groups excluding carboxylic acids is 2. The second-order valence-corrected chi connectivity index (χ2v) is 9.16. The standard InChI is InChI=1S/C26H32N2O3/c1-18(2)15-16-31-24-13-7-21(8-14-24)26(30)28(23-11-12-23)17-19-3-5-20(6-4-19)25(29)27-22-9-10-22/h3-8,13-14,18,22-23H,9-12,15-17H2,1-2H3,(H,27,29). The molecule has 0 aliphatic heterocycles. The minimum absolute atomic E-state index is 0.0140. The summed E-state index contributed by atoms with van der Waals surface area (Å²) in [7, 11) is 0. The van der Waals surface area contributed by atoms with E-state index in [0.717, 1.165) is 43.4 Å². The summed E-state index contributed by atoms with van der Waals surface area (Å²) < 4.78 is 5.77. The summed E-state index contributed by atoms with van der Waals surface area (Å²) in [4.78, 5) is 27.3. The Morgan fingerprint density at radius 3 is 2.19 bits per heavy atom. The maximum atomic E-state index is 13.2. The Bertz CT molecular complexity index is 897. The Hall–Kier alpha value is -2.82. The number of nitrogens with one attached hydrogen (secondary N) is 1. The number of nitrogens with zero attached hydrogens (tertiary/aromatic N) is 1. The number of hydrogen-bond acceptors (Lipinski definition) is 3. The van der Waals surface area contributed by atoms with Crippen molar-refractivity contribution in [2.75, 3.05) is 6.61 Å². The van der Waals surface area contributed by atoms with Crippen molar-refractivity contribution in [2.24, 2.45) is 5.92 Å². The first-order chi connectivity index (χ1) is 15.0. The third-order valence-corrected chi connectivity index (χ3v) is 5.80. The van der Waals surface area contributed by atoms with Gasteiger partial charge in [-0.3, -0.25) is 9.59 Å². The van der Waals surface area contributed by atoms with Crippen LogP contribution in [0.15, 0.2) is 48.5 Å². The Labute approximate surface area is 184 Å². The van der Waals surface area contributed by atoms with E-state index in [0.29, 0.717) is 42.3 Å². The van der Waals surface area contributed by atoms with Crippen LogP contribution in [0.2, 0.25) is 0 Å². The van der Waals surface area contributed by atoms with Crippen molar-refractivity contribution in [3.8, 4) is 5.75 Å². The highest BCUT2D eigenvalue weighted by Gasteiger charge is 2.33. The van der Waals surface area contributed by atoms with E-state index in [1.165, 1.54) is 0 Å². The van der Waals surface area contributed by atoms with E-state index in [9.17, 15) is 9.59 Å². The number of ether oxygens (including phenoxy) is 1. The molecule has 2 saturated carbocycles. The Morgan fingerprint density at radius 2 is 1.61 bits per heavy atom. The Balaban J connectivity index is 1.37. The van der Waals surface area contributed by atoms with Gasteiger partial charge < -0.3 is 15.0 Å². The maximum absolute atomic E-state index is 13.2. The van der Waals surface area contributed by atoms with Crippen molar-refractivity contribution in [3.05, 3.63) is 65.2 Å². The molecule has 0 atom stereocenters. The van der Waals surface area contributed by atoms with Crippen molar-refractivity contribution in [1.29, 1.82) is 0 Å². The normalized spacial score (nSPS) is 15.6. The molecule has 2 aliphatic carbocycles. The van der Waals surface area contributed by atoms with Crippen LogP contribution in [-0.2, 0) is 6.54 Å². The topological polar surface area (TPSA) is 58.6 Å². The minimum atomic E-state index is -0.0140. The molecule has 0 unspecified atom stereocenters. The maximum Gasteiger partial charge on any atom is 0.254 e. The lowest BCUT2D eigenvalue weighted by Crippen LogP contribution is -2.32. The third kappa shape index (κ3) is 6.09. The van der Waals surface area contributed by atoms with Gasteiger partial charge in [-0.05, 0) is 80.0 Å². The van der Waals surface area contributed by atoms with Gasteiger partial charge in [0, 0.05) is 29.8 Å². The molecule has 2 fully saturated rings. The van der Waals surface area contributed by atoms with Gasteiger partial charge in [-0.1, -0.05) is 26.0 Å². The van der Waals surface area contributed by atoms with Crippen LogP contribution in [0, 0.1) is 5.92 Å². The van der Waals surface area contributed by atoms with Crippen LogP contribution in [0.3, 0.4) is 0 Å². The molecule has 5 nitrogen and oxygen atoms in total. The lowest BCUT2D eigenvalue weighted by Gasteiger charge is -2.23. The number of hydrogen-bond donors (Lipinski definition) is 1. The second-order valence-electron chi connectivity index (χ2n) is 9.16. The molecule has 164 valence electrons. The first kappa shape index (κ1) is 21.4. The van der Waals surface area contributed by atoms with Crippen LogP contribution < -0.4 is 10.1 Å². The molecule has 31 heavy (non-hydrogen) atoms. The van der Waals surface area contributed by atoms with Crippen LogP contribution in [-0.4, -0.2) is 35.4 Å². The van der Waals surface area contributed by atoms with Crippen molar-refractivity contribution < 1.29 is 14.3 Å². The van der Waals surface area contributed by atoms with Crippen LogP contribution in [0.25, 0.3) is 0 Å². The monoisotopic (exact) mass is 420 g/mol. The van der Waals surface area contributed by atoms with Crippen LogP contribution in [0.5, 0.6) is 5.75 Å². The largest absolute Gasteiger partial charge is 0.494 e. The average Bonchev–Trinajstić information content (AvgIpc) is 3.67. The summed E-state index contributed by atoms with van der Waals surface area (Å²) in [5.41, 5.74) is 2.40. The molecular weight excluding hydrogens is 388 g/mol. The predicted octanol–water partition coefficient (Wildman–Crippen LogP) is 4.81. The van der Waals surface area contributed by atoms with Crippen LogP contribution in [0.4, 0.5) is 0 Å². The predicted molar refractivity (Wildman–Crippen MR) is 121 cm³/mol. The fourth-order valence-corrected chi connectivity index (χ4v) is 3.48. The molecule has 2 aromatic carbocycles. The molecule has 0 bridgehead atoms. The van der Waals surface area contributed by atoms with Gasteiger partial charge in [-0.2, -0.15) is 0 Å². The van der Waals surface area contributed by atoms with Gasteiger partial charge >= 0.3 is 0 Å². The van der Waals surface area contributed by atoms with E-state index in [4.69, 9.17) is 4.74 Å². The first-order valence-electron chi connectivity index (χ1n) is 11.4. The van der Waals surface area contributed by atoms with Gasteiger partial charge in [-0.15, -0.1) is 0 Å². The molecule has 2 aromatic rings. The van der Waals surface area contributed by atoms with E-state index in [-0.39, 0.29) is 11.8 Å². The van der Waals surface area contributed by atoms with Crippen molar-refractivity contribution in [1.82, 2.24) is 10.2 Å². The lowest BCUT2D eigenvalue weighted by atomic mass is 10.1. The highest BCUT2D eigenvalue weighted by molar-refractivity contribution is 5.95. The summed E-state index contributed by atoms with van der Waals surface area (Å²) in [6.07, 6.45) is 5.26. The molecule has 2 aliphatic rings. The Kier molecular flexibility index (Phi) is 6.59. The summed E-state index contributed by atoms with van der Waals surface area (Å²) >= 11 is 0. The van der Waals surface area contributed by atoms with Crippen molar-refractivity contribution in [3.63, 3.8) is 0 Å². The molecule has 0 heterocycles. The second kappa shape index (κ2) is 9.54. The highest BCUT2D eigenvalue weighted by Crippen LogP contribution is 2.30. The fraction of sp³-hybridized carbons (Fsp3) is 0.462. The van der Waals surface area contributed by atoms with Crippen LogP contribution >= 0.6 is 0 Å².